The van der Waals surface area contributed by atoms with Crippen molar-refractivity contribution >= 4 is 5.97 Å². The van der Waals surface area contributed by atoms with Gasteiger partial charge in [0.1, 0.15) is 11.5 Å². The van der Waals surface area contributed by atoms with Crippen molar-refractivity contribution in [3.05, 3.63) is 23.2 Å². The van der Waals surface area contributed by atoms with Crippen molar-refractivity contribution in [2.24, 2.45) is 0 Å². The Morgan fingerprint density at radius 1 is 1.53 bits per heavy atom. The Morgan fingerprint density at radius 3 is 2.33 bits per heavy atom. The Morgan fingerprint density at radius 2 is 2.07 bits per heavy atom. The zero-order valence-electron chi connectivity index (χ0n) is 8.30. The first-order chi connectivity index (χ1) is 6.81. The predicted molar refractivity (Wildman–Crippen MR) is 47.1 cm³/mol. The first kappa shape index (κ1) is 10.1. The minimum absolute atomic E-state index is 0.0949. The van der Waals surface area contributed by atoms with E-state index in [0.717, 1.165) is 0 Å². The highest BCUT2D eigenvalue weighted by atomic mass is 19.3. The van der Waals surface area contributed by atoms with Gasteiger partial charge in [-0.25, -0.2) is 8.78 Å². The van der Waals surface area contributed by atoms with Gasteiger partial charge in [-0.2, -0.15) is 0 Å². The molecule has 5 heteroatoms. The molecule has 1 saturated carbocycles. The van der Waals surface area contributed by atoms with Gasteiger partial charge in [-0.3, -0.25) is 4.79 Å². The zero-order valence-corrected chi connectivity index (χ0v) is 8.30. The van der Waals surface area contributed by atoms with E-state index in [9.17, 15) is 13.6 Å². The summed E-state index contributed by atoms with van der Waals surface area (Å²) in [7, 11) is 0. The van der Waals surface area contributed by atoms with Gasteiger partial charge in [-0.15, -0.1) is 0 Å². The van der Waals surface area contributed by atoms with Crippen LogP contribution in [0.25, 0.3) is 0 Å². The molecule has 2 rings (SSSR count). The summed E-state index contributed by atoms with van der Waals surface area (Å²) in [6.45, 7) is 3.11. The smallest absolute Gasteiger partial charge is 0.320 e. The summed E-state index contributed by atoms with van der Waals surface area (Å²) < 4.78 is 31.4. The van der Waals surface area contributed by atoms with Gasteiger partial charge in [-0.1, -0.05) is 0 Å². The van der Waals surface area contributed by atoms with Crippen molar-refractivity contribution in [2.45, 2.75) is 31.6 Å². The molecule has 1 aliphatic carbocycles. The number of hydrogen-bond donors (Lipinski definition) is 1. The Labute approximate surface area is 84.7 Å². The van der Waals surface area contributed by atoms with E-state index in [0.29, 0.717) is 5.76 Å². The number of carbonyl (C=O) groups is 1. The quantitative estimate of drug-likeness (QED) is 0.824. The molecule has 0 radical (unpaired) electrons. The van der Waals surface area contributed by atoms with E-state index < -0.39 is 23.7 Å². The fraction of sp³-hybridized carbons (Fsp3) is 0.500. The fourth-order valence-corrected chi connectivity index (χ4v) is 1.98. The highest BCUT2D eigenvalue weighted by molar-refractivity contribution is 5.88. The van der Waals surface area contributed by atoms with Crippen LogP contribution in [0.15, 0.2) is 10.5 Å². The maximum Gasteiger partial charge on any atom is 0.320 e. The Bertz CT molecular complexity index is 436. The lowest BCUT2D eigenvalue weighted by Crippen LogP contribution is -2.27. The summed E-state index contributed by atoms with van der Waals surface area (Å²) in [4.78, 5) is 10.9. The number of hydrogen-bond acceptors (Lipinski definition) is 2. The van der Waals surface area contributed by atoms with Gasteiger partial charge < -0.3 is 9.52 Å². The van der Waals surface area contributed by atoms with Gasteiger partial charge in [0.05, 0.1) is 0 Å². The van der Waals surface area contributed by atoms with Crippen molar-refractivity contribution in [3.63, 3.8) is 0 Å². The van der Waals surface area contributed by atoms with E-state index in [2.05, 4.69) is 0 Å². The van der Waals surface area contributed by atoms with Gasteiger partial charge in [0.25, 0.3) is 5.92 Å². The molecule has 1 aliphatic rings. The molecule has 1 atom stereocenters. The van der Waals surface area contributed by atoms with Gasteiger partial charge in [-0.05, 0) is 19.9 Å². The summed E-state index contributed by atoms with van der Waals surface area (Å²) in [5.74, 6) is -3.95. The number of rotatable bonds is 2. The average molecular weight is 216 g/mol. The summed E-state index contributed by atoms with van der Waals surface area (Å²) in [6, 6.07) is 1.38. The van der Waals surface area contributed by atoms with Gasteiger partial charge in [0.2, 0.25) is 0 Å². The third-order valence-electron chi connectivity index (χ3n) is 2.85. The van der Waals surface area contributed by atoms with Crippen molar-refractivity contribution in [1.29, 1.82) is 0 Å². The number of alkyl halides is 2. The zero-order chi connectivity index (χ0) is 11.4. The minimum atomic E-state index is -3.17. The molecular formula is C10H10F2O3. The van der Waals surface area contributed by atoms with Crippen molar-refractivity contribution < 1.29 is 23.1 Å². The molecule has 1 heterocycles. The van der Waals surface area contributed by atoms with Crippen LogP contribution in [0.4, 0.5) is 8.78 Å². The topological polar surface area (TPSA) is 50.4 Å². The highest BCUT2D eigenvalue weighted by Gasteiger charge is 2.78. The molecule has 1 N–H and O–H groups in total. The molecular weight excluding hydrogens is 206 g/mol. The molecule has 0 amide bonds. The molecule has 0 spiro atoms. The van der Waals surface area contributed by atoms with Crippen LogP contribution in [0, 0.1) is 13.8 Å². The molecule has 0 aromatic carbocycles. The SMILES string of the molecule is Cc1cc(C2(C(=O)O)CC2(F)F)c(C)o1. The molecule has 1 unspecified atom stereocenters. The van der Waals surface area contributed by atoms with Gasteiger partial charge in [0, 0.05) is 12.0 Å². The Balaban J connectivity index is 2.54. The lowest BCUT2D eigenvalue weighted by atomic mass is 9.96. The van der Waals surface area contributed by atoms with E-state index in [1.54, 1.807) is 6.92 Å². The van der Waals surface area contributed by atoms with Gasteiger partial charge in [0.15, 0.2) is 5.41 Å². The van der Waals surface area contributed by atoms with E-state index in [-0.39, 0.29) is 11.3 Å². The third kappa shape index (κ3) is 1.12. The number of aliphatic carboxylic acids is 1. The number of aryl methyl sites for hydroxylation is 2. The maximum atomic E-state index is 13.2. The average Bonchev–Trinajstić information content (AvgIpc) is 2.50. The highest BCUT2D eigenvalue weighted by Crippen LogP contribution is 2.62. The van der Waals surface area contributed by atoms with E-state index >= 15 is 0 Å². The molecule has 1 fully saturated rings. The van der Waals surface area contributed by atoms with Crippen LogP contribution in [-0.4, -0.2) is 17.0 Å². The predicted octanol–water partition coefficient (Wildman–Crippen LogP) is 2.26. The lowest BCUT2D eigenvalue weighted by molar-refractivity contribution is -0.143. The molecule has 15 heavy (non-hydrogen) atoms. The Hall–Kier alpha value is -1.39. The molecule has 3 nitrogen and oxygen atoms in total. The van der Waals surface area contributed by atoms with Crippen LogP contribution < -0.4 is 0 Å². The van der Waals surface area contributed by atoms with Crippen LogP contribution in [-0.2, 0) is 10.2 Å². The van der Waals surface area contributed by atoms with Crippen LogP contribution in [0.5, 0.6) is 0 Å². The summed E-state index contributed by atoms with van der Waals surface area (Å²) >= 11 is 0. The van der Waals surface area contributed by atoms with Crippen molar-refractivity contribution in [3.8, 4) is 0 Å². The van der Waals surface area contributed by atoms with E-state index in [1.165, 1.54) is 13.0 Å². The maximum absolute atomic E-state index is 13.2. The standard InChI is InChI=1S/C10H10F2O3/c1-5-3-7(6(2)15-5)9(8(13)14)4-10(9,11)12/h3H,4H2,1-2H3,(H,13,14). The second-order valence-electron chi connectivity index (χ2n) is 3.92. The fourth-order valence-electron chi connectivity index (χ4n) is 1.98. The summed E-state index contributed by atoms with van der Waals surface area (Å²) in [6.07, 6.45) is -0.644. The monoisotopic (exact) mass is 216 g/mol. The normalized spacial score (nSPS) is 27.7. The molecule has 0 saturated heterocycles. The number of carboxylic acid groups (broad SMARTS) is 1. The summed E-state index contributed by atoms with van der Waals surface area (Å²) in [5.41, 5.74) is -1.97. The van der Waals surface area contributed by atoms with Crippen LogP contribution in [0.3, 0.4) is 0 Å². The lowest BCUT2D eigenvalue weighted by Gasteiger charge is -2.09. The first-order valence-electron chi connectivity index (χ1n) is 4.50. The van der Waals surface area contributed by atoms with E-state index in [1.807, 2.05) is 0 Å². The van der Waals surface area contributed by atoms with Crippen molar-refractivity contribution in [2.75, 3.05) is 0 Å². The molecule has 0 aliphatic heterocycles. The second kappa shape index (κ2) is 2.59. The summed E-state index contributed by atoms with van der Waals surface area (Å²) in [5, 5.41) is 8.90. The molecule has 1 aromatic heterocycles. The Kier molecular flexibility index (Phi) is 1.75. The molecule has 1 aromatic rings. The third-order valence-corrected chi connectivity index (χ3v) is 2.85. The first-order valence-corrected chi connectivity index (χ1v) is 4.50. The number of carboxylic acids is 1. The van der Waals surface area contributed by atoms with Crippen LogP contribution in [0.2, 0.25) is 0 Å². The second-order valence-corrected chi connectivity index (χ2v) is 3.92. The minimum Gasteiger partial charge on any atom is -0.480 e. The van der Waals surface area contributed by atoms with Crippen LogP contribution in [0.1, 0.15) is 23.5 Å². The van der Waals surface area contributed by atoms with Crippen molar-refractivity contribution in [1.82, 2.24) is 0 Å². The molecule has 0 bridgehead atoms. The number of halogens is 2. The van der Waals surface area contributed by atoms with Gasteiger partial charge >= 0.3 is 5.97 Å². The van der Waals surface area contributed by atoms with Crippen LogP contribution >= 0.6 is 0 Å². The molecule has 82 valence electrons. The number of furan rings is 1. The van der Waals surface area contributed by atoms with E-state index in [4.69, 9.17) is 9.52 Å². The largest absolute Gasteiger partial charge is 0.480 e.